The molecule has 30 heavy (non-hydrogen) atoms. The van der Waals surface area contributed by atoms with E-state index in [0.717, 1.165) is 6.07 Å². The number of carbonyl (C=O) groups excluding carboxylic acids is 2. The van der Waals surface area contributed by atoms with Crippen LogP contribution in [0.3, 0.4) is 0 Å². The first-order valence-electron chi connectivity index (χ1n) is 9.60. The number of piperazine rings is 1. The molecular formula is C21H24FN3O5. The van der Waals surface area contributed by atoms with E-state index in [4.69, 9.17) is 9.84 Å². The van der Waals surface area contributed by atoms with Crippen LogP contribution in [-0.4, -0.2) is 82.3 Å². The van der Waals surface area contributed by atoms with Gasteiger partial charge in [-0.15, -0.1) is 0 Å². The van der Waals surface area contributed by atoms with E-state index in [9.17, 15) is 18.8 Å². The van der Waals surface area contributed by atoms with Gasteiger partial charge < -0.3 is 24.5 Å². The first-order chi connectivity index (χ1) is 14.0. The molecule has 0 aliphatic carbocycles. The number of halogens is 1. The second kappa shape index (κ2) is 8.22. The molecule has 3 amide bonds. The largest absolute Gasteiger partial charge is 0.478 e. The Morgan fingerprint density at radius 1 is 1.27 bits per heavy atom. The molecule has 0 aromatic heterocycles. The minimum atomic E-state index is -1.21. The highest BCUT2D eigenvalue weighted by atomic mass is 19.1. The number of aromatic carboxylic acids is 1. The Bertz CT molecular complexity index is 931. The number of ether oxygens (including phenoxy) is 1. The van der Waals surface area contributed by atoms with Gasteiger partial charge in [0.15, 0.2) is 0 Å². The molecule has 160 valence electrons. The molecule has 1 atom stereocenters. The van der Waals surface area contributed by atoms with Gasteiger partial charge in [-0.05, 0) is 39.0 Å². The molecule has 0 bridgehead atoms. The number of rotatable bonds is 2. The molecule has 2 saturated heterocycles. The number of carboxylic acids is 1. The lowest BCUT2D eigenvalue weighted by Crippen LogP contribution is -2.54. The standard InChI is InChI=1S/C21H24FN3O5/c1-21(2,3)30-20(29)24-9-10-25-16(13-24)12-23(19(25)28)8-4-5-14-6-7-15(18(26)27)11-17(14)22/h6-7,11,16H,8-10,12-13H2,1-3H3,(H,26,27)/t16-/m1/s1. The maximum absolute atomic E-state index is 14.0. The molecule has 0 radical (unpaired) electrons. The van der Waals surface area contributed by atoms with E-state index >= 15 is 0 Å². The Labute approximate surface area is 174 Å². The van der Waals surface area contributed by atoms with Gasteiger partial charge in [0.05, 0.1) is 23.7 Å². The fourth-order valence-corrected chi connectivity index (χ4v) is 3.38. The fraction of sp³-hybridized carbons (Fsp3) is 0.476. The van der Waals surface area contributed by atoms with Crippen LogP contribution in [0.2, 0.25) is 0 Å². The fourth-order valence-electron chi connectivity index (χ4n) is 3.38. The number of fused-ring (bicyclic) bond motifs is 1. The number of urea groups is 1. The minimum Gasteiger partial charge on any atom is -0.478 e. The highest BCUT2D eigenvalue weighted by molar-refractivity contribution is 5.87. The molecule has 0 saturated carbocycles. The molecule has 0 spiro atoms. The zero-order chi connectivity index (χ0) is 22.1. The summed E-state index contributed by atoms with van der Waals surface area (Å²) < 4.78 is 19.4. The molecule has 1 aromatic rings. The third-order valence-electron chi connectivity index (χ3n) is 4.79. The normalized spacial score (nSPS) is 18.6. The highest BCUT2D eigenvalue weighted by Gasteiger charge is 2.42. The van der Waals surface area contributed by atoms with E-state index in [1.807, 2.05) is 0 Å². The van der Waals surface area contributed by atoms with Gasteiger partial charge in [0.25, 0.3) is 0 Å². The van der Waals surface area contributed by atoms with E-state index in [0.29, 0.717) is 26.2 Å². The molecule has 3 rings (SSSR count). The van der Waals surface area contributed by atoms with Crippen LogP contribution in [-0.2, 0) is 4.74 Å². The summed E-state index contributed by atoms with van der Waals surface area (Å²) in [6, 6.07) is 3.19. The predicted octanol–water partition coefficient (Wildman–Crippen LogP) is 2.23. The van der Waals surface area contributed by atoms with Gasteiger partial charge in [-0.25, -0.2) is 18.8 Å². The number of hydrogen-bond acceptors (Lipinski definition) is 4. The maximum Gasteiger partial charge on any atom is 0.410 e. The van der Waals surface area contributed by atoms with Crippen LogP contribution in [0.1, 0.15) is 36.7 Å². The molecule has 2 aliphatic heterocycles. The molecule has 2 fully saturated rings. The maximum atomic E-state index is 14.0. The van der Waals surface area contributed by atoms with Crippen LogP contribution < -0.4 is 0 Å². The van der Waals surface area contributed by atoms with Crippen molar-refractivity contribution in [2.45, 2.75) is 32.4 Å². The zero-order valence-electron chi connectivity index (χ0n) is 17.1. The monoisotopic (exact) mass is 417 g/mol. The second-order valence-corrected chi connectivity index (χ2v) is 8.24. The topological polar surface area (TPSA) is 90.4 Å². The highest BCUT2D eigenvalue weighted by Crippen LogP contribution is 2.22. The number of nitrogens with zero attached hydrogens (tertiary/aromatic N) is 3. The van der Waals surface area contributed by atoms with Crippen molar-refractivity contribution < 1.29 is 28.6 Å². The van der Waals surface area contributed by atoms with Crippen molar-refractivity contribution in [2.24, 2.45) is 0 Å². The lowest BCUT2D eigenvalue weighted by molar-refractivity contribution is 0.0127. The average Bonchev–Trinajstić information content (AvgIpc) is 2.96. The molecule has 2 heterocycles. The third-order valence-corrected chi connectivity index (χ3v) is 4.79. The van der Waals surface area contributed by atoms with Crippen molar-refractivity contribution in [3.8, 4) is 11.8 Å². The van der Waals surface area contributed by atoms with Crippen molar-refractivity contribution in [1.29, 1.82) is 0 Å². The quantitative estimate of drug-likeness (QED) is 0.746. The lowest BCUT2D eigenvalue weighted by Gasteiger charge is -2.37. The predicted molar refractivity (Wildman–Crippen MR) is 106 cm³/mol. The van der Waals surface area contributed by atoms with E-state index in [2.05, 4.69) is 11.8 Å². The summed E-state index contributed by atoms with van der Waals surface area (Å²) in [6.45, 7) is 7.13. The van der Waals surface area contributed by atoms with E-state index < -0.39 is 23.5 Å². The van der Waals surface area contributed by atoms with Gasteiger partial charge >= 0.3 is 18.1 Å². The number of hydrogen-bond donors (Lipinski definition) is 1. The summed E-state index contributed by atoms with van der Waals surface area (Å²) in [5, 5.41) is 8.87. The lowest BCUT2D eigenvalue weighted by atomic mass is 10.1. The van der Waals surface area contributed by atoms with Crippen molar-refractivity contribution in [3.63, 3.8) is 0 Å². The third kappa shape index (κ3) is 4.82. The molecule has 9 heteroatoms. The molecule has 2 aliphatic rings. The summed E-state index contributed by atoms with van der Waals surface area (Å²) in [4.78, 5) is 40.6. The van der Waals surface area contributed by atoms with Crippen LogP contribution in [0.25, 0.3) is 0 Å². The van der Waals surface area contributed by atoms with Crippen molar-refractivity contribution >= 4 is 18.1 Å². The van der Waals surface area contributed by atoms with Crippen molar-refractivity contribution in [2.75, 3.05) is 32.7 Å². The smallest absolute Gasteiger partial charge is 0.410 e. The Morgan fingerprint density at radius 2 is 2.00 bits per heavy atom. The van der Waals surface area contributed by atoms with E-state index in [1.54, 1.807) is 35.5 Å². The molecule has 8 nitrogen and oxygen atoms in total. The number of amides is 3. The summed E-state index contributed by atoms with van der Waals surface area (Å²) in [6.07, 6.45) is -0.395. The summed E-state index contributed by atoms with van der Waals surface area (Å²) in [5.41, 5.74) is -0.668. The molecule has 1 N–H and O–H groups in total. The number of carbonyl (C=O) groups is 3. The van der Waals surface area contributed by atoms with Crippen LogP contribution in [0.15, 0.2) is 18.2 Å². The Hall–Kier alpha value is -3.28. The van der Waals surface area contributed by atoms with Gasteiger partial charge in [-0.2, -0.15) is 0 Å². The van der Waals surface area contributed by atoms with Crippen molar-refractivity contribution in [3.05, 3.63) is 35.1 Å². The Morgan fingerprint density at radius 3 is 2.63 bits per heavy atom. The Kier molecular flexibility index (Phi) is 5.87. The van der Waals surface area contributed by atoms with Crippen LogP contribution in [0, 0.1) is 17.7 Å². The second-order valence-electron chi connectivity index (χ2n) is 8.24. The van der Waals surface area contributed by atoms with E-state index in [-0.39, 0.29) is 29.7 Å². The summed E-state index contributed by atoms with van der Waals surface area (Å²) >= 11 is 0. The van der Waals surface area contributed by atoms with Gasteiger partial charge in [0.1, 0.15) is 11.4 Å². The summed E-state index contributed by atoms with van der Waals surface area (Å²) in [5.74, 6) is 3.48. The minimum absolute atomic E-state index is 0.0699. The summed E-state index contributed by atoms with van der Waals surface area (Å²) in [7, 11) is 0. The zero-order valence-corrected chi connectivity index (χ0v) is 17.1. The van der Waals surface area contributed by atoms with Gasteiger partial charge in [0, 0.05) is 26.2 Å². The SMILES string of the molecule is CC(C)(C)OC(=O)N1CCN2C(=O)N(CC#Cc3ccc(C(=O)O)cc3F)C[C@@H]2C1. The van der Waals surface area contributed by atoms with Gasteiger partial charge in [-0.1, -0.05) is 11.8 Å². The number of benzene rings is 1. The molecular weight excluding hydrogens is 393 g/mol. The first-order valence-corrected chi connectivity index (χ1v) is 9.60. The van der Waals surface area contributed by atoms with Crippen molar-refractivity contribution in [1.82, 2.24) is 14.7 Å². The van der Waals surface area contributed by atoms with Crippen LogP contribution in [0.4, 0.5) is 14.0 Å². The number of carboxylic acid groups (broad SMARTS) is 1. The van der Waals surface area contributed by atoms with Crippen LogP contribution >= 0.6 is 0 Å². The first kappa shape index (κ1) is 21.4. The van der Waals surface area contributed by atoms with E-state index in [1.165, 1.54) is 12.1 Å². The molecule has 0 unspecified atom stereocenters. The van der Waals surface area contributed by atoms with Crippen LogP contribution in [0.5, 0.6) is 0 Å². The molecule has 1 aromatic carbocycles. The van der Waals surface area contributed by atoms with Gasteiger partial charge in [-0.3, -0.25) is 0 Å². The Balaban J connectivity index is 1.60. The van der Waals surface area contributed by atoms with Gasteiger partial charge in [0.2, 0.25) is 0 Å². The average molecular weight is 417 g/mol.